The SMILES string of the molecule is C/C=C(/N=C=S)C(=O)OC1C(COC(C)=O)OC(C2(O)CC(=O)C(=N)C(C(=O)O)=C2O)C(O)C1OC1CC(O)C(O)(C(C)OC(=O)C(C)C)C(C)O1. The van der Waals surface area contributed by atoms with Crippen LogP contribution in [0.1, 0.15) is 54.4 Å². The van der Waals surface area contributed by atoms with Gasteiger partial charge in [-0.15, -0.1) is 0 Å². The molecule has 1 aliphatic carbocycles. The molecule has 3 aliphatic rings. The lowest BCUT2D eigenvalue weighted by Crippen LogP contribution is -2.70. The van der Waals surface area contributed by atoms with E-state index in [1.807, 2.05) is 5.16 Å². The van der Waals surface area contributed by atoms with Crippen LogP contribution in [-0.4, -0.2) is 144 Å². The molecular formula is C32H42N2O17S. The van der Waals surface area contributed by atoms with Crippen molar-refractivity contribution in [2.24, 2.45) is 10.9 Å². The molecule has 0 aromatic rings. The predicted molar refractivity (Wildman–Crippen MR) is 175 cm³/mol. The third-order valence-corrected chi connectivity index (χ3v) is 9.06. The van der Waals surface area contributed by atoms with Crippen molar-refractivity contribution in [2.75, 3.05) is 6.61 Å². The number of nitrogens with zero attached hydrogens (tertiary/aromatic N) is 1. The van der Waals surface area contributed by atoms with Crippen molar-refractivity contribution in [3.05, 3.63) is 23.1 Å². The summed E-state index contributed by atoms with van der Waals surface area (Å²) in [6.07, 6.45) is -16.4. The average Bonchev–Trinajstić information content (AvgIpc) is 3.05. The summed E-state index contributed by atoms with van der Waals surface area (Å²) in [4.78, 5) is 65.6. The van der Waals surface area contributed by atoms with E-state index in [1.165, 1.54) is 26.8 Å². The molecule has 20 heteroatoms. The number of aliphatic imine (C=N–C) groups is 1. The van der Waals surface area contributed by atoms with E-state index < -0.39 is 138 Å². The first-order valence-electron chi connectivity index (χ1n) is 16.0. The first kappa shape index (κ1) is 42.4. The summed E-state index contributed by atoms with van der Waals surface area (Å²) in [6.45, 7) is 7.43. The fraction of sp³-hybridized carbons (Fsp3) is 0.656. The van der Waals surface area contributed by atoms with Crippen LogP contribution >= 0.6 is 12.2 Å². The number of ketones is 1. The molecule has 0 amide bonds. The van der Waals surface area contributed by atoms with Gasteiger partial charge in [0.25, 0.3) is 0 Å². The highest BCUT2D eigenvalue weighted by Gasteiger charge is 2.61. The molecule has 11 atom stereocenters. The maximum Gasteiger partial charge on any atom is 0.357 e. The van der Waals surface area contributed by atoms with Gasteiger partial charge < -0.3 is 59.1 Å². The van der Waals surface area contributed by atoms with Crippen LogP contribution in [0.5, 0.6) is 0 Å². The van der Waals surface area contributed by atoms with Crippen LogP contribution in [0.15, 0.2) is 28.1 Å². The number of aliphatic hydroxyl groups excluding tert-OH is 3. The highest BCUT2D eigenvalue weighted by Crippen LogP contribution is 2.42. The van der Waals surface area contributed by atoms with Gasteiger partial charge in [-0.2, -0.15) is 4.99 Å². The van der Waals surface area contributed by atoms with Gasteiger partial charge >= 0.3 is 23.9 Å². The summed E-state index contributed by atoms with van der Waals surface area (Å²) >= 11 is 4.57. The van der Waals surface area contributed by atoms with E-state index in [0.29, 0.717) is 0 Å². The zero-order valence-corrected chi connectivity index (χ0v) is 29.8. The third-order valence-electron chi connectivity index (χ3n) is 8.97. The maximum atomic E-state index is 13.2. The number of carboxylic acid groups (broad SMARTS) is 1. The van der Waals surface area contributed by atoms with E-state index >= 15 is 0 Å². The number of hydrogen-bond acceptors (Lipinski definition) is 19. The van der Waals surface area contributed by atoms with Gasteiger partial charge in [0.15, 0.2) is 35.1 Å². The Labute approximate surface area is 302 Å². The topological polar surface area (TPSA) is 298 Å². The van der Waals surface area contributed by atoms with Gasteiger partial charge in [0.2, 0.25) is 0 Å². The monoisotopic (exact) mass is 758 g/mol. The van der Waals surface area contributed by atoms with Crippen molar-refractivity contribution in [1.29, 1.82) is 5.41 Å². The summed E-state index contributed by atoms with van der Waals surface area (Å²) < 4.78 is 33.7. The fourth-order valence-corrected chi connectivity index (χ4v) is 6.15. The van der Waals surface area contributed by atoms with Crippen LogP contribution in [0.3, 0.4) is 0 Å². The van der Waals surface area contributed by atoms with Gasteiger partial charge in [-0.05, 0) is 33.0 Å². The summed E-state index contributed by atoms with van der Waals surface area (Å²) in [7, 11) is 0. The molecule has 0 saturated carbocycles. The Balaban J connectivity index is 2.13. The molecular weight excluding hydrogens is 716 g/mol. The normalized spacial score (nSPS) is 34.6. The van der Waals surface area contributed by atoms with Gasteiger partial charge in [-0.25, -0.2) is 9.59 Å². The Morgan fingerprint density at radius 2 is 1.79 bits per heavy atom. The number of hydrogen-bond donors (Lipinski definition) is 7. The van der Waals surface area contributed by atoms with Crippen LogP contribution in [-0.2, 0) is 52.4 Å². The minimum Gasteiger partial charge on any atom is -0.508 e. The standard InChI is InChI=1S/C32H42N2O17S/c1-7-16(34-11-52)30(43)51-24-18(10-46-15(6)35)49-27(31(44)9-17(36)22(33)21(26(31)39)28(40)41)23(38)25(24)50-20-8-19(37)32(45,13(4)47-20)14(5)48-29(42)12(2)3/h7,12-14,18-20,23-25,27,33,37-39,44-45H,8-10H2,1-6H3,(H,40,41)/b16-7+,33-22?. The van der Waals surface area contributed by atoms with Crippen molar-refractivity contribution in [3.63, 3.8) is 0 Å². The number of allylic oxidation sites excluding steroid dienone is 1. The highest BCUT2D eigenvalue weighted by molar-refractivity contribution is 7.78. The van der Waals surface area contributed by atoms with Gasteiger partial charge in [0.05, 0.1) is 29.7 Å². The van der Waals surface area contributed by atoms with Crippen LogP contribution in [0, 0.1) is 11.3 Å². The molecule has 2 heterocycles. The number of esters is 3. The predicted octanol–water partition coefficient (Wildman–Crippen LogP) is -0.584. The zero-order chi connectivity index (χ0) is 39.5. The van der Waals surface area contributed by atoms with E-state index in [-0.39, 0.29) is 5.70 Å². The Hall–Kier alpha value is -3.98. The quantitative estimate of drug-likeness (QED) is 0.0430. The molecule has 0 spiro atoms. The zero-order valence-electron chi connectivity index (χ0n) is 29.0. The number of carboxylic acids is 1. The van der Waals surface area contributed by atoms with Gasteiger partial charge in [0, 0.05) is 13.3 Å². The third kappa shape index (κ3) is 8.46. The second-order valence-electron chi connectivity index (χ2n) is 12.7. The highest BCUT2D eigenvalue weighted by atomic mass is 32.1. The number of rotatable bonds is 12. The molecule has 19 nitrogen and oxygen atoms in total. The molecule has 0 aromatic carbocycles. The minimum absolute atomic E-state index is 0.383. The summed E-state index contributed by atoms with van der Waals surface area (Å²) in [6, 6.07) is 0. The van der Waals surface area contributed by atoms with E-state index in [4.69, 9.17) is 33.8 Å². The molecule has 7 N–H and O–H groups in total. The van der Waals surface area contributed by atoms with E-state index in [0.717, 1.165) is 6.92 Å². The van der Waals surface area contributed by atoms with Crippen molar-refractivity contribution < 1.29 is 83.0 Å². The van der Waals surface area contributed by atoms with Crippen LogP contribution in [0.2, 0.25) is 0 Å². The number of isothiocyanates is 1. The molecule has 288 valence electrons. The summed E-state index contributed by atoms with van der Waals surface area (Å²) in [5.74, 6) is -7.95. The molecule has 2 fully saturated rings. The number of aliphatic hydroxyl groups is 5. The van der Waals surface area contributed by atoms with Crippen LogP contribution < -0.4 is 0 Å². The molecule has 52 heavy (non-hydrogen) atoms. The fourth-order valence-electron chi connectivity index (χ4n) is 6.05. The second-order valence-corrected chi connectivity index (χ2v) is 12.9. The molecule has 0 bridgehead atoms. The van der Waals surface area contributed by atoms with Gasteiger partial charge in [0.1, 0.15) is 54.2 Å². The van der Waals surface area contributed by atoms with E-state index in [2.05, 4.69) is 17.2 Å². The molecule has 3 rings (SSSR count). The van der Waals surface area contributed by atoms with Crippen molar-refractivity contribution in [3.8, 4) is 0 Å². The molecule has 11 unspecified atom stereocenters. The Morgan fingerprint density at radius 1 is 1.15 bits per heavy atom. The maximum absolute atomic E-state index is 13.2. The molecule has 0 radical (unpaired) electrons. The van der Waals surface area contributed by atoms with Gasteiger partial charge in [-0.3, -0.25) is 19.8 Å². The van der Waals surface area contributed by atoms with Crippen molar-refractivity contribution in [1.82, 2.24) is 0 Å². The second kappa shape index (κ2) is 16.8. The van der Waals surface area contributed by atoms with Crippen LogP contribution in [0.25, 0.3) is 0 Å². The number of thiocarbonyl (C=S) groups is 1. The average molecular weight is 759 g/mol. The lowest BCUT2D eigenvalue weighted by molar-refractivity contribution is -0.343. The Morgan fingerprint density at radius 3 is 2.31 bits per heavy atom. The van der Waals surface area contributed by atoms with E-state index in [9.17, 15) is 54.6 Å². The minimum atomic E-state index is -3.05. The van der Waals surface area contributed by atoms with E-state index in [1.54, 1.807) is 13.8 Å². The largest absolute Gasteiger partial charge is 0.508 e. The van der Waals surface area contributed by atoms with Crippen molar-refractivity contribution >= 4 is 52.8 Å². The summed E-state index contributed by atoms with van der Waals surface area (Å²) in [5, 5.41) is 76.6. The van der Waals surface area contributed by atoms with Gasteiger partial charge in [-0.1, -0.05) is 19.9 Å². The first-order chi connectivity index (χ1) is 24.1. The molecule has 2 aliphatic heterocycles. The summed E-state index contributed by atoms with van der Waals surface area (Å²) in [5.41, 5.74) is -8.05. The Kier molecular flexibility index (Phi) is 13.7. The first-order valence-corrected chi connectivity index (χ1v) is 16.4. The number of Topliss-reactive ketones (excluding diaryl/α,β-unsaturated/α-hetero) is 1. The smallest absolute Gasteiger partial charge is 0.357 e. The lowest BCUT2D eigenvalue weighted by Gasteiger charge is -2.51. The van der Waals surface area contributed by atoms with Crippen LogP contribution in [0.4, 0.5) is 0 Å². The number of carbonyl (C=O) groups is 5. The lowest BCUT2D eigenvalue weighted by atomic mass is 9.74. The van der Waals surface area contributed by atoms with Crippen molar-refractivity contribution in [2.45, 2.75) is 121 Å². The molecule has 0 aromatic heterocycles. The number of nitrogens with one attached hydrogen (secondary N) is 1. The molecule has 2 saturated heterocycles. The number of carbonyl (C=O) groups excluding carboxylic acids is 4. The number of ether oxygens (including phenoxy) is 6. The Bertz CT molecular complexity index is 1560. The number of aliphatic carboxylic acids is 1.